The molecule has 0 radical (unpaired) electrons. The Kier molecular flexibility index (Phi) is 10.5. The number of benzene rings is 1. The van der Waals surface area contributed by atoms with Gasteiger partial charge in [-0.15, -0.1) is 0 Å². The van der Waals surface area contributed by atoms with Crippen LogP contribution in [0, 0.1) is 11.8 Å². The van der Waals surface area contributed by atoms with Crippen LogP contribution in [0.2, 0.25) is 0 Å². The lowest BCUT2D eigenvalue weighted by molar-refractivity contribution is -0.130. The van der Waals surface area contributed by atoms with Crippen LogP contribution in [0.3, 0.4) is 0 Å². The molecular weight excluding hydrogens is 474 g/mol. The molecule has 0 unspecified atom stereocenters. The summed E-state index contributed by atoms with van der Waals surface area (Å²) < 4.78 is 6.70. The summed E-state index contributed by atoms with van der Waals surface area (Å²) in [4.78, 5) is 55.8. The molecule has 1 aromatic heterocycles. The third-order valence-corrected chi connectivity index (χ3v) is 5.30. The fourth-order valence-electron chi connectivity index (χ4n) is 3.56. The number of amides is 2. The van der Waals surface area contributed by atoms with E-state index in [2.05, 4.69) is 11.6 Å². The predicted octanol–water partition coefficient (Wildman–Crippen LogP) is 2.50. The van der Waals surface area contributed by atoms with Crippen LogP contribution < -0.4 is 26.6 Å². The van der Waals surface area contributed by atoms with E-state index in [1.807, 2.05) is 27.7 Å². The highest BCUT2D eigenvalue weighted by molar-refractivity contribution is 6.00. The van der Waals surface area contributed by atoms with Crippen molar-refractivity contribution in [2.45, 2.75) is 34.2 Å². The number of likely N-dealkylation sites (N-methyl/N-ethyl adjacent to an activating group) is 1. The van der Waals surface area contributed by atoms with E-state index < -0.39 is 23.1 Å². The lowest BCUT2D eigenvalue weighted by atomic mass is 10.2. The zero-order valence-corrected chi connectivity index (χ0v) is 22.2. The van der Waals surface area contributed by atoms with E-state index in [4.69, 9.17) is 10.5 Å². The number of ether oxygens (including phenoxy) is 1. The number of nitrogens with zero attached hydrogens (tertiary/aromatic N) is 3. The predicted molar refractivity (Wildman–Crippen MR) is 147 cm³/mol. The number of H-pyrrole nitrogens is 1. The van der Waals surface area contributed by atoms with Crippen molar-refractivity contribution < 1.29 is 14.3 Å². The van der Waals surface area contributed by atoms with E-state index in [0.29, 0.717) is 12.4 Å². The van der Waals surface area contributed by atoms with Gasteiger partial charge in [-0.05, 0) is 35.6 Å². The van der Waals surface area contributed by atoms with E-state index in [9.17, 15) is 19.2 Å². The number of aromatic nitrogens is 2. The van der Waals surface area contributed by atoms with Crippen LogP contribution in [0.5, 0.6) is 5.75 Å². The van der Waals surface area contributed by atoms with Gasteiger partial charge in [0, 0.05) is 26.2 Å². The van der Waals surface area contributed by atoms with E-state index in [0.717, 1.165) is 5.56 Å². The van der Waals surface area contributed by atoms with Gasteiger partial charge in [-0.3, -0.25) is 23.9 Å². The number of carbonyl (C=O) groups excluding carboxylic acids is 2. The Bertz CT molecular complexity index is 1240. The molecule has 0 fully saturated rings. The Labute approximate surface area is 217 Å². The quantitative estimate of drug-likeness (QED) is 0.333. The molecule has 0 saturated heterocycles. The first-order chi connectivity index (χ1) is 17.4. The zero-order chi connectivity index (χ0) is 27.7. The van der Waals surface area contributed by atoms with Crippen LogP contribution in [-0.4, -0.2) is 53.0 Å². The van der Waals surface area contributed by atoms with Crippen LogP contribution in [0.1, 0.15) is 33.3 Å². The lowest BCUT2D eigenvalue weighted by Gasteiger charge is -2.28. The standard InChI is InChI=1S/C27H37N5O5/c1-7-14-37-21-11-8-20(9-12-21)10-13-22(33)30(6)17-23(34)31(15-18(2)3)24-25(28)32(16-19(4)5)27(36)29-26(24)35/h7-13,18-19H,1,14-17,28H2,2-6H3,(H,29,35,36)/b13-10+. The van der Waals surface area contributed by atoms with Crippen LogP contribution in [-0.2, 0) is 16.1 Å². The highest BCUT2D eigenvalue weighted by atomic mass is 16.5. The summed E-state index contributed by atoms with van der Waals surface area (Å²) in [7, 11) is 1.50. The first-order valence-corrected chi connectivity index (χ1v) is 12.1. The Balaban J connectivity index is 2.23. The van der Waals surface area contributed by atoms with E-state index in [-0.39, 0.29) is 43.0 Å². The number of anilines is 2. The third kappa shape index (κ3) is 8.23. The van der Waals surface area contributed by atoms with E-state index in [1.165, 1.54) is 27.5 Å². The van der Waals surface area contributed by atoms with Gasteiger partial charge >= 0.3 is 5.69 Å². The van der Waals surface area contributed by atoms with Gasteiger partial charge in [0.25, 0.3) is 5.56 Å². The van der Waals surface area contributed by atoms with Gasteiger partial charge in [-0.25, -0.2) is 4.79 Å². The van der Waals surface area contributed by atoms with Crippen molar-refractivity contribution in [3.63, 3.8) is 0 Å². The molecule has 2 amide bonds. The minimum Gasteiger partial charge on any atom is -0.490 e. The average Bonchev–Trinajstić information content (AvgIpc) is 2.83. The third-order valence-electron chi connectivity index (χ3n) is 5.30. The van der Waals surface area contributed by atoms with Gasteiger partial charge in [0.1, 0.15) is 24.7 Å². The molecular formula is C27H37N5O5. The number of nitrogens with two attached hydrogens (primary N) is 1. The number of nitrogens with one attached hydrogen (secondary N) is 1. The normalized spacial score (nSPS) is 11.2. The summed E-state index contributed by atoms with van der Waals surface area (Å²) in [5, 5.41) is 0. The average molecular weight is 512 g/mol. The first-order valence-electron chi connectivity index (χ1n) is 12.1. The van der Waals surface area contributed by atoms with Crippen molar-refractivity contribution in [2.24, 2.45) is 11.8 Å². The second kappa shape index (κ2) is 13.3. The summed E-state index contributed by atoms with van der Waals surface area (Å²) in [6.45, 7) is 11.8. The molecule has 10 nitrogen and oxygen atoms in total. The molecule has 0 spiro atoms. The van der Waals surface area contributed by atoms with Gasteiger partial charge < -0.3 is 20.3 Å². The number of rotatable bonds is 12. The van der Waals surface area contributed by atoms with Gasteiger partial charge in [0.15, 0.2) is 5.69 Å². The first kappa shape index (κ1) is 29.2. The molecule has 1 heterocycles. The minimum absolute atomic E-state index is 0.00689. The highest BCUT2D eigenvalue weighted by Crippen LogP contribution is 2.20. The summed E-state index contributed by atoms with van der Waals surface area (Å²) in [5.74, 6) is -0.201. The van der Waals surface area contributed by atoms with Crippen LogP contribution in [0.4, 0.5) is 11.5 Å². The number of aromatic amines is 1. The Morgan fingerprint density at radius 1 is 1.14 bits per heavy atom. The van der Waals surface area contributed by atoms with Gasteiger partial charge in [0.05, 0.1) is 0 Å². The Hall–Kier alpha value is -4.08. The molecule has 2 aromatic rings. The molecule has 0 atom stereocenters. The molecule has 0 aliphatic rings. The number of carbonyl (C=O) groups is 2. The van der Waals surface area contributed by atoms with Crippen molar-refractivity contribution in [1.29, 1.82) is 0 Å². The minimum atomic E-state index is -0.745. The maximum absolute atomic E-state index is 13.3. The largest absolute Gasteiger partial charge is 0.490 e. The molecule has 10 heteroatoms. The van der Waals surface area contributed by atoms with Crippen LogP contribution in [0.15, 0.2) is 52.6 Å². The SMILES string of the molecule is C=CCOc1ccc(/C=C/C(=O)N(C)CC(=O)N(CC(C)C)c2c(N)n(CC(C)C)c(=O)[nH]c2=O)cc1. The second-order valence-corrected chi connectivity index (χ2v) is 9.59. The van der Waals surface area contributed by atoms with Crippen LogP contribution >= 0.6 is 0 Å². The van der Waals surface area contributed by atoms with E-state index in [1.54, 1.807) is 36.4 Å². The number of hydrogen-bond acceptors (Lipinski definition) is 6. The molecule has 37 heavy (non-hydrogen) atoms. The molecule has 3 N–H and O–H groups in total. The maximum Gasteiger partial charge on any atom is 0.330 e. The number of nitrogen functional groups attached to an aromatic ring is 1. The molecule has 0 saturated carbocycles. The monoisotopic (exact) mass is 511 g/mol. The summed E-state index contributed by atoms with van der Waals surface area (Å²) in [6, 6.07) is 7.18. The van der Waals surface area contributed by atoms with Gasteiger partial charge in [0.2, 0.25) is 11.8 Å². The second-order valence-electron chi connectivity index (χ2n) is 9.59. The molecule has 2 rings (SSSR count). The van der Waals surface area contributed by atoms with Crippen molar-refractivity contribution in [3.8, 4) is 5.75 Å². The van der Waals surface area contributed by atoms with E-state index >= 15 is 0 Å². The fourth-order valence-corrected chi connectivity index (χ4v) is 3.56. The van der Waals surface area contributed by atoms with Crippen molar-refractivity contribution >= 4 is 29.4 Å². The Morgan fingerprint density at radius 2 is 1.78 bits per heavy atom. The van der Waals surface area contributed by atoms with Gasteiger partial charge in [-0.1, -0.05) is 52.5 Å². The highest BCUT2D eigenvalue weighted by Gasteiger charge is 2.26. The smallest absolute Gasteiger partial charge is 0.330 e. The fraction of sp³-hybridized carbons (Fsp3) is 0.407. The molecule has 1 aromatic carbocycles. The zero-order valence-electron chi connectivity index (χ0n) is 22.2. The molecule has 200 valence electrons. The van der Waals surface area contributed by atoms with Crippen molar-refractivity contribution in [2.75, 3.05) is 37.4 Å². The number of hydrogen-bond donors (Lipinski definition) is 2. The van der Waals surface area contributed by atoms with Crippen molar-refractivity contribution in [1.82, 2.24) is 14.5 Å². The summed E-state index contributed by atoms with van der Waals surface area (Å²) in [5.41, 5.74) is 5.55. The maximum atomic E-state index is 13.3. The van der Waals surface area contributed by atoms with Gasteiger partial charge in [-0.2, -0.15) is 0 Å². The summed E-state index contributed by atoms with van der Waals surface area (Å²) in [6.07, 6.45) is 4.65. The van der Waals surface area contributed by atoms with Crippen molar-refractivity contribution in [3.05, 3.63) is 69.4 Å². The Morgan fingerprint density at radius 3 is 2.35 bits per heavy atom. The molecule has 0 bridgehead atoms. The summed E-state index contributed by atoms with van der Waals surface area (Å²) >= 11 is 0. The molecule has 0 aliphatic heterocycles. The topological polar surface area (TPSA) is 131 Å². The van der Waals surface area contributed by atoms with Crippen LogP contribution in [0.25, 0.3) is 6.08 Å². The molecule has 0 aliphatic carbocycles. The lowest BCUT2D eigenvalue weighted by Crippen LogP contribution is -2.46.